The molecule has 0 spiro atoms. The first-order valence-electron chi connectivity index (χ1n) is 8.24. The van der Waals surface area contributed by atoms with Crippen LogP contribution in [0.2, 0.25) is 0 Å². The molecule has 25 heavy (non-hydrogen) atoms. The molecule has 140 valence electrons. The van der Waals surface area contributed by atoms with Gasteiger partial charge in [0.25, 0.3) is 11.8 Å². The van der Waals surface area contributed by atoms with Crippen molar-refractivity contribution in [3.8, 4) is 5.75 Å². The van der Waals surface area contributed by atoms with Crippen molar-refractivity contribution in [1.82, 2.24) is 10.9 Å². The smallest absolute Gasteiger partial charge is 0.273 e. The molecule has 1 unspecified atom stereocenters. The minimum absolute atomic E-state index is 0.289. The molecule has 0 aliphatic rings. The highest BCUT2D eigenvalue weighted by molar-refractivity contribution is 7.99. The van der Waals surface area contributed by atoms with Gasteiger partial charge in [0.1, 0.15) is 11.9 Å². The predicted molar refractivity (Wildman–Crippen MR) is 99.4 cm³/mol. The van der Waals surface area contributed by atoms with Gasteiger partial charge in [-0.05, 0) is 36.5 Å². The maximum Gasteiger partial charge on any atom is 0.273 e. The molecule has 0 saturated carbocycles. The fraction of sp³-hybridized carbons (Fsp3) is 0.529. The molecule has 0 aromatic heterocycles. The van der Waals surface area contributed by atoms with Gasteiger partial charge in [-0.1, -0.05) is 26.0 Å². The number of carbonyl (C=O) groups is 2. The average molecular weight is 369 g/mol. The number of amides is 2. The van der Waals surface area contributed by atoms with Gasteiger partial charge in [0.05, 0.1) is 12.2 Å². The van der Waals surface area contributed by atoms with Crippen LogP contribution in [0.4, 0.5) is 0 Å². The first-order valence-corrected chi connectivity index (χ1v) is 9.29. The fourth-order valence-corrected chi connectivity index (χ4v) is 2.87. The number of aliphatic hydroxyl groups is 1. The average Bonchev–Trinajstić information content (AvgIpc) is 2.59. The second kappa shape index (κ2) is 11.0. The summed E-state index contributed by atoms with van der Waals surface area (Å²) in [6.07, 6.45) is -0.895. The van der Waals surface area contributed by atoms with Crippen LogP contribution in [0.15, 0.2) is 24.3 Å². The third-order valence-corrected chi connectivity index (χ3v) is 4.45. The van der Waals surface area contributed by atoms with Gasteiger partial charge >= 0.3 is 0 Å². The van der Waals surface area contributed by atoms with Crippen molar-refractivity contribution in [3.63, 3.8) is 0 Å². The molecular formula is C17H27N3O4S. The molecule has 1 rings (SSSR count). The van der Waals surface area contributed by atoms with Crippen molar-refractivity contribution in [1.29, 1.82) is 0 Å². The molecule has 5 N–H and O–H groups in total. The van der Waals surface area contributed by atoms with Gasteiger partial charge in [0, 0.05) is 6.04 Å². The number of ether oxygens (including phenoxy) is 1. The van der Waals surface area contributed by atoms with Crippen molar-refractivity contribution >= 4 is 23.6 Å². The van der Waals surface area contributed by atoms with E-state index in [0.717, 1.165) is 5.75 Å². The van der Waals surface area contributed by atoms with Crippen LogP contribution in [-0.2, 0) is 4.79 Å². The van der Waals surface area contributed by atoms with Gasteiger partial charge in [0.2, 0.25) is 0 Å². The van der Waals surface area contributed by atoms with E-state index in [1.165, 1.54) is 0 Å². The number of thioether (sulfide) groups is 1. The van der Waals surface area contributed by atoms with Crippen LogP contribution in [-0.4, -0.2) is 46.7 Å². The Morgan fingerprint density at radius 1 is 1.28 bits per heavy atom. The number of nitrogens with two attached hydrogens (primary N) is 1. The highest BCUT2D eigenvalue weighted by Crippen LogP contribution is 2.17. The summed E-state index contributed by atoms with van der Waals surface area (Å²) < 4.78 is 5.37. The van der Waals surface area contributed by atoms with Crippen molar-refractivity contribution in [2.24, 2.45) is 5.73 Å². The molecule has 7 nitrogen and oxygen atoms in total. The highest BCUT2D eigenvalue weighted by Gasteiger charge is 2.23. The molecule has 0 radical (unpaired) electrons. The lowest BCUT2D eigenvalue weighted by Crippen LogP contribution is -2.52. The largest absolute Gasteiger partial charge is 0.493 e. The van der Waals surface area contributed by atoms with E-state index in [-0.39, 0.29) is 5.56 Å². The molecule has 1 aromatic rings. The van der Waals surface area contributed by atoms with Crippen LogP contribution in [0, 0.1) is 0 Å². The van der Waals surface area contributed by atoms with Gasteiger partial charge in [-0.15, -0.1) is 0 Å². The number of hydrogen-bond donors (Lipinski definition) is 4. The molecule has 8 heteroatoms. The lowest BCUT2D eigenvalue weighted by molar-refractivity contribution is -0.131. The zero-order valence-electron chi connectivity index (χ0n) is 14.8. The SMILES string of the molecule is CCOc1ccccc1C(=O)NNC(=O)C(O)[C@H](N)CCSC(C)C. The molecule has 0 fully saturated rings. The summed E-state index contributed by atoms with van der Waals surface area (Å²) in [6.45, 7) is 6.36. The molecule has 0 aliphatic carbocycles. The van der Waals surface area contributed by atoms with E-state index in [0.29, 0.717) is 24.0 Å². The molecular weight excluding hydrogens is 342 g/mol. The molecule has 0 aliphatic heterocycles. The van der Waals surface area contributed by atoms with Crippen LogP contribution >= 0.6 is 11.8 Å². The summed E-state index contributed by atoms with van der Waals surface area (Å²) in [5.41, 5.74) is 10.6. The van der Waals surface area contributed by atoms with E-state index >= 15 is 0 Å². The summed E-state index contributed by atoms with van der Waals surface area (Å²) in [5.74, 6) is -0.116. The van der Waals surface area contributed by atoms with E-state index in [4.69, 9.17) is 10.5 Å². The minimum Gasteiger partial charge on any atom is -0.493 e. The molecule has 2 atom stereocenters. The zero-order chi connectivity index (χ0) is 18.8. The molecule has 0 saturated heterocycles. The maximum atomic E-state index is 12.2. The number of hydrazine groups is 1. The number of para-hydroxylation sites is 1. The Morgan fingerprint density at radius 3 is 2.60 bits per heavy atom. The second-order valence-electron chi connectivity index (χ2n) is 5.69. The van der Waals surface area contributed by atoms with E-state index in [1.807, 2.05) is 6.92 Å². The summed E-state index contributed by atoms with van der Waals surface area (Å²) >= 11 is 1.70. The first-order chi connectivity index (χ1) is 11.9. The summed E-state index contributed by atoms with van der Waals surface area (Å²) in [4.78, 5) is 24.1. The number of benzene rings is 1. The fourth-order valence-electron chi connectivity index (χ4n) is 1.99. The van der Waals surface area contributed by atoms with Crippen LogP contribution in [0.1, 0.15) is 37.6 Å². The number of hydrogen-bond acceptors (Lipinski definition) is 6. The lowest BCUT2D eigenvalue weighted by atomic mass is 10.1. The Kier molecular flexibility index (Phi) is 9.33. The van der Waals surface area contributed by atoms with Crippen LogP contribution in [0.5, 0.6) is 5.75 Å². The van der Waals surface area contributed by atoms with E-state index in [9.17, 15) is 14.7 Å². The predicted octanol–water partition coefficient (Wildman–Crippen LogP) is 1.07. The lowest BCUT2D eigenvalue weighted by Gasteiger charge is -2.19. The third-order valence-electron chi connectivity index (χ3n) is 3.31. The summed E-state index contributed by atoms with van der Waals surface area (Å²) in [7, 11) is 0. The molecule has 1 aromatic carbocycles. The van der Waals surface area contributed by atoms with Gasteiger partial charge < -0.3 is 15.6 Å². The Morgan fingerprint density at radius 2 is 1.96 bits per heavy atom. The monoisotopic (exact) mass is 369 g/mol. The zero-order valence-corrected chi connectivity index (χ0v) is 15.6. The third kappa shape index (κ3) is 7.33. The summed E-state index contributed by atoms with van der Waals surface area (Å²) in [5, 5.41) is 10.4. The van der Waals surface area contributed by atoms with Crippen LogP contribution in [0.25, 0.3) is 0 Å². The first kappa shape index (κ1) is 21.3. The van der Waals surface area contributed by atoms with Crippen molar-refractivity contribution in [2.45, 2.75) is 44.6 Å². The Labute approximate surface area is 152 Å². The number of rotatable bonds is 9. The number of carbonyl (C=O) groups excluding carboxylic acids is 2. The maximum absolute atomic E-state index is 12.2. The van der Waals surface area contributed by atoms with Crippen molar-refractivity contribution in [3.05, 3.63) is 29.8 Å². The highest BCUT2D eigenvalue weighted by atomic mass is 32.2. The van der Waals surface area contributed by atoms with Crippen molar-refractivity contribution < 1.29 is 19.4 Å². The Balaban J connectivity index is 2.51. The standard InChI is InChI=1S/C17H27N3O4S/c1-4-24-14-8-6-5-7-12(14)16(22)19-20-17(23)15(21)13(18)9-10-25-11(2)3/h5-8,11,13,15,21H,4,9-10,18H2,1-3H3,(H,19,22)(H,20,23)/t13-,15?/m1/s1. The van der Waals surface area contributed by atoms with E-state index in [2.05, 4.69) is 24.7 Å². The Hall–Kier alpha value is -1.77. The van der Waals surface area contributed by atoms with Gasteiger partial charge in [0.15, 0.2) is 0 Å². The Bertz CT molecular complexity index is 569. The van der Waals surface area contributed by atoms with E-state index in [1.54, 1.807) is 36.0 Å². The van der Waals surface area contributed by atoms with Gasteiger partial charge in [-0.3, -0.25) is 20.4 Å². The van der Waals surface area contributed by atoms with Crippen LogP contribution in [0.3, 0.4) is 0 Å². The normalized spacial score (nSPS) is 13.2. The van der Waals surface area contributed by atoms with E-state index < -0.39 is 24.0 Å². The molecule has 2 amide bonds. The number of aliphatic hydroxyl groups excluding tert-OH is 1. The quantitative estimate of drug-likeness (QED) is 0.484. The summed E-state index contributed by atoms with van der Waals surface area (Å²) in [6, 6.07) is 5.99. The number of nitrogens with one attached hydrogen (secondary N) is 2. The molecule has 0 bridgehead atoms. The van der Waals surface area contributed by atoms with Gasteiger partial charge in [-0.25, -0.2) is 0 Å². The topological polar surface area (TPSA) is 114 Å². The minimum atomic E-state index is -1.39. The van der Waals surface area contributed by atoms with Gasteiger partial charge in [-0.2, -0.15) is 11.8 Å². The second-order valence-corrected chi connectivity index (χ2v) is 7.37. The van der Waals surface area contributed by atoms with Crippen LogP contribution < -0.4 is 21.3 Å². The molecule has 0 heterocycles. The van der Waals surface area contributed by atoms with Crippen molar-refractivity contribution in [2.75, 3.05) is 12.4 Å².